The first-order valence-corrected chi connectivity index (χ1v) is 4.73. The van der Waals surface area contributed by atoms with Crippen molar-refractivity contribution in [2.45, 2.75) is 25.2 Å². The molecule has 6 nitrogen and oxygen atoms in total. The van der Waals surface area contributed by atoms with E-state index in [1.807, 2.05) is 0 Å². The first-order chi connectivity index (χ1) is 7.75. The van der Waals surface area contributed by atoms with E-state index in [1.54, 1.807) is 0 Å². The number of aromatic nitrogens is 3. The number of hydrogen-bond acceptors (Lipinski definition) is 4. The van der Waals surface area contributed by atoms with Crippen LogP contribution in [0.4, 0.5) is 13.2 Å². The Hall–Kier alpha value is -1.64. The molecule has 0 saturated carbocycles. The molecule has 0 aliphatic heterocycles. The molecule has 0 saturated heterocycles. The lowest BCUT2D eigenvalue weighted by Gasteiger charge is -2.26. The number of nitrogens with zero attached hydrogens (tertiary/aromatic N) is 3. The molecule has 1 atom stereocenters. The molecule has 1 aromatic rings. The predicted octanol–water partition coefficient (Wildman–Crippen LogP) is -0.326. The van der Waals surface area contributed by atoms with Gasteiger partial charge in [0, 0.05) is 12.7 Å². The smallest absolute Gasteiger partial charge is 0.352 e. The molecule has 9 heteroatoms. The summed E-state index contributed by atoms with van der Waals surface area (Å²) in [6.07, 6.45) is -1.84. The lowest BCUT2D eigenvalue weighted by atomic mass is 10.0. The maximum absolute atomic E-state index is 12.4. The Bertz CT molecular complexity index is 373. The van der Waals surface area contributed by atoms with Crippen molar-refractivity contribution in [2.24, 2.45) is 5.73 Å². The molecule has 0 aromatic carbocycles. The van der Waals surface area contributed by atoms with E-state index in [4.69, 9.17) is 5.73 Å². The van der Waals surface area contributed by atoms with Crippen LogP contribution in [0.2, 0.25) is 0 Å². The van der Waals surface area contributed by atoms with Gasteiger partial charge in [0.1, 0.15) is 0 Å². The van der Waals surface area contributed by atoms with Crippen molar-refractivity contribution in [2.75, 3.05) is 6.54 Å². The molecule has 0 aliphatic carbocycles. The van der Waals surface area contributed by atoms with Crippen molar-refractivity contribution in [1.29, 1.82) is 0 Å². The first kappa shape index (κ1) is 13.4. The van der Waals surface area contributed by atoms with Gasteiger partial charge in [0.05, 0.1) is 12.7 Å². The number of carbonyl (C=O) groups is 1. The van der Waals surface area contributed by atoms with Crippen molar-refractivity contribution >= 4 is 5.91 Å². The van der Waals surface area contributed by atoms with Crippen LogP contribution in [0.25, 0.3) is 0 Å². The molecule has 0 aliphatic rings. The summed E-state index contributed by atoms with van der Waals surface area (Å²) in [6, 6.07) is 0. The lowest BCUT2D eigenvalue weighted by molar-refractivity contribution is -0.187. The molecule has 1 heterocycles. The molecule has 0 fully saturated rings. The highest BCUT2D eigenvalue weighted by Crippen LogP contribution is 2.27. The van der Waals surface area contributed by atoms with Gasteiger partial charge in [-0.15, -0.1) is 5.10 Å². The molecule has 0 bridgehead atoms. The van der Waals surface area contributed by atoms with E-state index in [9.17, 15) is 18.0 Å². The van der Waals surface area contributed by atoms with Crippen LogP contribution in [0, 0.1) is 0 Å². The van der Waals surface area contributed by atoms with Crippen LogP contribution in [-0.4, -0.2) is 39.2 Å². The molecule has 96 valence electrons. The van der Waals surface area contributed by atoms with Gasteiger partial charge in [0.15, 0.2) is 5.54 Å². The van der Waals surface area contributed by atoms with Crippen LogP contribution in [-0.2, 0) is 11.3 Å². The minimum atomic E-state index is -4.79. The van der Waals surface area contributed by atoms with E-state index < -0.39 is 17.6 Å². The summed E-state index contributed by atoms with van der Waals surface area (Å²) in [5.41, 5.74) is 2.03. The summed E-state index contributed by atoms with van der Waals surface area (Å²) >= 11 is 0. The Morgan fingerprint density at radius 3 is 2.65 bits per heavy atom. The number of alkyl halides is 3. The van der Waals surface area contributed by atoms with Gasteiger partial charge in [-0.2, -0.15) is 13.2 Å². The third-order valence-corrected chi connectivity index (χ3v) is 2.16. The zero-order valence-electron chi connectivity index (χ0n) is 9.03. The van der Waals surface area contributed by atoms with Gasteiger partial charge in [-0.3, -0.25) is 9.48 Å². The van der Waals surface area contributed by atoms with Crippen molar-refractivity contribution < 1.29 is 18.0 Å². The Morgan fingerprint density at radius 1 is 1.53 bits per heavy atom. The molecule has 0 radical (unpaired) electrons. The number of rotatable bonds is 4. The minimum Gasteiger partial charge on any atom is -0.352 e. The topological polar surface area (TPSA) is 85.8 Å². The maximum atomic E-state index is 12.4. The van der Waals surface area contributed by atoms with E-state index >= 15 is 0 Å². The van der Waals surface area contributed by atoms with E-state index in [0.29, 0.717) is 6.92 Å². The zero-order chi connectivity index (χ0) is 13.1. The molecule has 0 spiro atoms. The number of nitrogens with one attached hydrogen (secondary N) is 1. The second-order valence-electron chi connectivity index (χ2n) is 3.62. The molecular formula is C8H12F3N5O. The maximum Gasteiger partial charge on any atom is 0.415 e. The molecule has 1 aromatic heterocycles. The summed E-state index contributed by atoms with van der Waals surface area (Å²) in [5.74, 6) is -1.27. The average Bonchev–Trinajstić information content (AvgIpc) is 2.68. The highest BCUT2D eigenvalue weighted by molar-refractivity contribution is 5.86. The second kappa shape index (κ2) is 4.70. The fraction of sp³-hybridized carbons (Fsp3) is 0.625. The van der Waals surface area contributed by atoms with Crippen LogP contribution in [0.1, 0.15) is 6.92 Å². The Kier molecular flexibility index (Phi) is 3.71. The Labute approximate surface area is 95.0 Å². The summed E-state index contributed by atoms with van der Waals surface area (Å²) < 4.78 is 38.5. The SMILES string of the molecule is CC(N)(C(=O)NCCn1ccnn1)C(F)(F)F. The van der Waals surface area contributed by atoms with Gasteiger partial charge in [0.25, 0.3) is 0 Å². The van der Waals surface area contributed by atoms with Crippen molar-refractivity contribution in [3.05, 3.63) is 12.4 Å². The molecular weight excluding hydrogens is 239 g/mol. The van der Waals surface area contributed by atoms with Gasteiger partial charge >= 0.3 is 6.18 Å². The highest BCUT2D eigenvalue weighted by Gasteiger charge is 2.53. The van der Waals surface area contributed by atoms with E-state index in [2.05, 4.69) is 15.6 Å². The number of hydrogen-bond donors (Lipinski definition) is 2. The van der Waals surface area contributed by atoms with Gasteiger partial charge in [-0.25, -0.2) is 0 Å². The van der Waals surface area contributed by atoms with Crippen LogP contribution in [0.3, 0.4) is 0 Å². The largest absolute Gasteiger partial charge is 0.415 e. The third kappa shape index (κ3) is 3.16. The highest BCUT2D eigenvalue weighted by atomic mass is 19.4. The molecule has 1 rings (SSSR count). The fourth-order valence-electron chi connectivity index (χ4n) is 0.948. The standard InChI is InChI=1S/C8H12F3N5O/c1-7(12,8(9,10)11)6(17)13-2-4-16-5-3-14-15-16/h3,5H,2,4,12H2,1H3,(H,13,17). The van der Waals surface area contributed by atoms with Gasteiger partial charge in [0.2, 0.25) is 5.91 Å². The minimum absolute atomic E-state index is 0.00887. The predicted molar refractivity (Wildman–Crippen MR) is 51.7 cm³/mol. The number of carbonyl (C=O) groups excluding carboxylic acids is 1. The van der Waals surface area contributed by atoms with Crippen molar-refractivity contribution in [1.82, 2.24) is 20.3 Å². The van der Waals surface area contributed by atoms with E-state index in [1.165, 1.54) is 17.1 Å². The zero-order valence-corrected chi connectivity index (χ0v) is 9.03. The molecule has 1 unspecified atom stereocenters. The van der Waals surface area contributed by atoms with Gasteiger partial charge in [-0.05, 0) is 6.92 Å². The van der Waals surface area contributed by atoms with Crippen LogP contribution < -0.4 is 11.1 Å². The quantitative estimate of drug-likeness (QED) is 0.767. The van der Waals surface area contributed by atoms with E-state index in [-0.39, 0.29) is 13.1 Å². The molecule has 17 heavy (non-hydrogen) atoms. The average molecular weight is 251 g/mol. The van der Waals surface area contributed by atoms with Crippen LogP contribution in [0.5, 0.6) is 0 Å². The summed E-state index contributed by atoms with van der Waals surface area (Å²) in [7, 11) is 0. The van der Waals surface area contributed by atoms with Crippen molar-refractivity contribution in [3.8, 4) is 0 Å². The number of amides is 1. The van der Waals surface area contributed by atoms with Gasteiger partial charge < -0.3 is 11.1 Å². The summed E-state index contributed by atoms with van der Waals surface area (Å²) in [6.45, 7) is 0.836. The van der Waals surface area contributed by atoms with Gasteiger partial charge in [-0.1, -0.05) is 5.21 Å². The monoisotopic (exact) mass is 251 g/mol. The number of nitrogens with two attached hydrogens (primary N) is 1. The molecule has 1 amide bonds. The second-order valence-corrected chi connectivity index (χ2v) is 3.62. The Morgan fingerprint density at radius 2 is 2.18 bits per heavy atom. The lowest BCUT2D eigenvalue weighted by Crippen LogP contribution is -2.61. The number of halogens is 3. The van der Waals surface area contributed by atoms with Crippen molar-refractivity contribution in [3.63, 3.8) is 0 Å². The fourth-order valence-corrected chi connectivity index (χ4v) is 0.948. The summed E-state index contributed by atoms with van der Waals surface area (Å²) in [5, 5.41) is 9.18. The normalized spacial score (nSPS) is 15.4. The summed E-state index contributed by atoms with van der Waals surface area (Å²) in [4.78, 5) is 11.2. The van der Waals surface area contributed by atoms with E-state index in [0.717, 1.165) is 0 Å². The first-order valence-electron chi connectivity index (χ1n) is 4.73. The molecule has 3 N–H and O–H groups in total. The third-order valence-electron chi connectivity index (χ3n) is 2.16. The van der Waals surface area contributed by atoms with Crippen LogP contribution >= 0.6 is 0 Å². The van der Waals surface area contributed by atoms with Crippen LogP contribution in [0.15, 0.2) is 12.4 Å². The Balaban J connectivity index is 2.45.